The number of benzene rings is 1. The second kappa shape index (κ2) is 5.09. The van der Waals surface area contributed by atoms with E-state index in [4.69, 9.17) is 0 Å². The molecule has 0 amide bonds. The van der Waals surface area contributed by atoms with Crippen molar-refractivity contribution in [3.05, 3.63) is 29.8 Å². The molecular formula is C15H24N2. The van der Waals surface area contributed by atoms with Gasteiger partial charge in [0.05, 0.1) is 0 Å². The third-order valence-electron chi connectivity index (χ3n) is 3.40. The lowest BCUT2D eigenvalue weighted by atomic mass is 9.91. The lowest BCUT2D eigenvalue weighted by molar-refractivity contribution is 0.325. The first-order valence-electron chi connectivity index (χ1n) is 6.59. The van der Waals surface area contributed by atoms with Crippen molar-refractivity contribution in [1.82, 2.24) is 5.32 Å². The SMILES string of the molecule is Cc1ccc(N2CCCNCC(C)(C)C2)cc1. The fourth-order valence-corrected chi connectivity index (χ4v) is 2.45. The van der Waals surface area contributed by atoms with Gasteiger partial charge in [-0.15, -0.1) is 0 Å². The summed E-state index contributed by atoms with van der Waals surface area (Å²) in [7, 11) is 0. The van der Waals surface area contributed by atoms with Crippen LogP contribution < -0.4 is 10.2 Å². The van der Waals surface area contributed by atoms with E-state index in [0.29, 0.717) is 5.41 Å². The molecule has 2 heteroatoms. The molecule has 0 aliphatic carbocycles. The minimum Gasteiger partial charge on any atom is -0.371 e. The van der Waals surface area contributed by atoms with Gasteiger partial charge in [-0.1, -0.05) is 31.5 Å². The van der Waals surface area contributed by atoms with Crippen LogP contribution in [0.3, 0.4) is 0 Å². The Morgan fingerprint density at radius 1 is 1.18 bits per heavy atom. The zero-order valence-corrected chi connectivity index (χ0v) is 11.3. The number of rotatable bonds is 1. The van der Waals surface area contributed by atoms with Gasteiger partial charge >= 0.3 is 0 Å². The molecule has 1 heterocycles. The Hall–Kier alpha value is -1.02. The smallest absolute Gasteiger partial charge is 0.0366 e. The molecule has 0 atom stereocenters. The molecular weight excluding hydrogens is 208 g/mol. The van der Waals surface area contributed by atoms with E-state index in [2.05, 4.69) is 55.3 Å². The second-order valence-electron chi connectivity index (χ2n) is 5.95. The van der Waals surface area contributed by atoms with Crippen LogP contribution in [0, 0.1) is 12.3 Å². The summed E-state index contributed by atoms with van der Waals surface area (Å²) >= 11 is 0. The van der Waals surface area contributed by atoms with Gasteiger partial charge < -0.3 is 10.2 Å². The molecule has 0 unspecified atom stereocenters. The van der Waals surface area contributed by atoms with E-state index in [0.717, 1.165) is 26.2 Å². The van der Waals surface area contributed by atoms with Crippen molar-refractivity contribution < 1.29 is 0 Å². The predicted molar refractivity (Wildman–Crippen MR) is 74.7 cm³/mol. The van der Waals surface area contributed by atoms with Crippen molar-refractivity contribution in [2.24, 2.45) is 5.41 Å². The lowest BCUT2D eigenvalue weighted by Crippen LogP contribution is -2.44. The molecule has 1 N–H and O–H groups in total. The molecule has 0 saturated carbocycles. The van der Waals surface area contributed by atoms with Crippen LogP contribution in [-0.4, -0.2) is 26.2 Å². The third kappa shape index (κ3) is 3.47. The van der Waals surface area contributed by atoms with Crippen molar-refractivity contribution in [2.75, 3.05) is 31.1 Å². The average molecular weight is 232 g/mol. The van der Waals surface area contributed by atoms with Crippen LogP contribution >= 0.6 is 0 Å². The summed E-state index contributed by atoms with van der Waals surface area (Å²) in [6.07, 6.45) is 1.23. The molecule has 0 spiro atoms. The Bertz CT molecular complexity index is 354. The Kier molecular flexibility index (Phi) is 3.72. The first kappa shape index (κ1) is 12.4. The first-order valence-corrected chi connectivity index (χ1v) is 6.59. The summed E-state index contributed by atoms with van der Waals surface area (Å²) in [6.45, 7) is 11.3. The second-order valence-corrected chi connectivity index (χ2v) is 5.95. The van der Waals surface area contributed by atoms with Gasteiger partial charge in [0.2, 0.25) is 0 Å². The van der Waals surface area contributed by atoms with Gasteiger partial charge in [-0.2, -0.15) is 0 Å². The summed E-state index contributed by atoms with van der Waals surface area (Å²) in [5.41, 5.74) is 3.04. The largest absolute Gasteiger partial charge is 0.371 e. The van der Waals surface area contributed by atoms with Crippen molar-refractivity contribution in [2.45, 2.75) is 27.2 Å². The topological polar surface area (TPSA) is 15.3 Å². The molecule has 0 aromatic heterocycles. The van der Waals surface area contributed by atoms with Crippen LogP contribution in [0.4, 0.5) is 5.69 Å². The number of hydrogen-bond donors (Lipinski definition) is 1. The van der Waals surface area contributed by atoms with E-state index in [9.17, 15) is 0 Å². The standard InChI is InChI=1S/C15H24N2/c1-13-5-7-14(8-6-13)17-10-4-9-16-11-15(2,3)12-17/h5-8,16H,4,9-12H2,1-3H3. The fraction of sp³-hybridized carbons (Fsp3) is 0.600. The number of nitrogens with zero attached hydrogens (tertiary/aromatic N) is 1. The average Bonchev–Trinajstić information content (AvgIpc) is 2.25. The summed E-state index contributed by atoms with van der Waals surface area (Å²) in [6, 6.07) is 8.92. The Labute approximate surface area is 105 Å². The molecule has 0 radical (unpaired) electrons. The molecule has 1 fully saturated rings. The number of aryl methyl sites for hydroxylation is 1. The molecule has 1 aliphatic rings. The highest BCUT2D eigenvalue weighted by Gasteiger charge is 2.23. The number of nitrogens with one attached hydrogen (secondary N) is 1. The Morgan fingerprint density at radius 2 is 1.88 bits per heavy atom. The summed E-state index contributed by atoms with van der Waals surface area (Å²) < 4.78 is 0. The molecule has 1 aromatic rings. The van der Waals surface area contributed by atoms with E-state index in [1.54, 1.807) is 0 Å². The van der Waals surface area contributed by atoms with E-state index in [1.165, 1.54) is 17.7 Å². The summed E-state index contributed by atoms with van der Waals surface area (Å²) in [4.78, 5) is 2.53. The number of anilines is 1. The van der Waals surface area contributed by atoms with Crippen molar-refractivity contribution in [3.63, 3.8) is 0 Å². The molecule has 1 aromatic carbocycles. The van der Waals surface area contributed by atoms with Crippen molar-refractivity contribution in [3.8, 4) is 0 Å². The highest BCUT2D eigenvalue weighted by molar-refractivity contribution is 5.47. The van der Waals surface area contributed by atoms with Crippen LogP contribution in [0.25, 0.3) is 0 Å². The third-order valence-corrected chi connectivity index (χ3v) is 3.40. The molecule has 1 aliphatic heterocycles. The van der Waals surface area contributed by atoms with Gasteiger partial charge in [-0.25, -0.2) is 0 Å². The molecule has 1 saturated heterocycles. The van der Waals surface area contributed by atoms with Gasteiger partial charge in [0.1, 0.15) is 0 Å². The summed E-state index contributed by atoms with van der Waals surface area (Å²) in [5, 5.41) is 3.53. The highest BCUT2D eigenvalue weighted by atomic mass is 15.1. The maximum absolute atomic E-state index is 3.53. The quantitative estimate of drug-likeness (QED) is 0.801. The minimum atomic E-state index is 0.339. The maximum Gasteiger partial charge on any atom is 0.0366 e. The Morgan fingerprint density at radius 3 is 2.59 bits per heavy atom. The van der Waals surface area contributed by atoms with Crippen molar-refractivity contribution in [1.29, 1.82) is 0 Å². The zero-order chi connectivity index (χ0) is 12.3. The van der Waals surface area contributed by atoms with E-state index < -0.39 is 0 Å². The molecule has 2 nitrogen and oxygen atoms in total. The van der Waals surface area contributed by atoms with Crippen LogP contribution in [0.15, 0.2) is 24.3 Å². The van der Waals surface area contributed by atoms with Gasteiger partial charge in [0.25, 0.3) is 0 Å². The highest BCUT2D eigenvalue weighted by Crippen LogP contribution is 2.23. The van der Waals surface area contributed by atoms with E-state index in [1.807, 2.05) is 0 Å². The zero-order valence-electron chi connectivity index (χ0n) is 11.3. The minimum absolute atomic E-state index is 0.339. The molecule has 94 valence electrons. The molecule has 17 heavy (non-hydrogen) atoms. The predicted octanol–water partition coefficient (Wildman–Crippen LogP) is 2.82. The number of hydrogen-bond acceptors (Lipinski definition) is 2. The summed E-state index contributed by atoms with van der Waals surface area (Å²) in [5.74, 6) is 0. The van der Waals surface area contributed by atoms with E-state index >= 15 is 0 Å². The van der Waals surface area contributed by atoms with Gasteiger partial charge in [0, 0.05) is 25.3 Å². The monoisotopic (exact) mass is 232 g/mol. The van der Waals surface area contributed by atoms with Gasteiger partial charge in [0.15, 0.2) is 0 Å². The van der Waals surface area contributed by atoms with E-state index in [-0.39, 0.29) is 0 Å². The van der Waals surface area contributed by atoms with Crippen LogP contribution in [-0.2, 0) is 0 Å². The van der Waals surface area contributed by atoms with Crippen molar-refractivity contribution >= 4 is 5.69 Å². The molecule has 0 bridgehead atoms. The molecule has 2 rings (SSSR count). The lowest BCUT2D eigenvalue weighted by Gasteiger charge is -2.36. The van der Waals surface area contributed by atoms with Gasteiger partial charge in [-0.3, -0.25) is 0 Å². The van der Waals surface area contributed by atoms with Crippen LogP contribution in [0.5, 0.6) is 0 Å². The fourth-order valence-electron chi connectivity index (χ4n) is 2.45. The first-order chi connectivity index (χ1) is 8.07. The van der Waals surface area contributed by atoms with Crippen LogP contribution in [0.2, 0.25) is 0 Å². The normalized spacial score (nSPS) is 20.8. The maximum atomic E-state index is 3.53. The Balaban J connectivity index is 2.14. The van der Waals surface area contributed by atoms with Gasteiger partial charge in [-0.05, 0) is 37.4 Å². The van der Waals surface area contributed by atoms with Crippen LogP contribution in [0.1, 0.15) is 25.8 Å².